The quantitative estimate of drug-likeness (QED) is 0.360. The van der Waals surface area contributed by atoms with Gasteiger partial charge in [0.25, 0.3) is 0 Å². The van der Waals surface area contributed by atoms with Gasteiger partial charge in [-0.25, -0.2) is 0 Å². The van der Waals surface area contributed by atoms with Gasteiger partial charge in [0, 0.05) is 5.97 Å². The molecule has 0 fully saturated rings. The van der Waals surface area contributed by atoms with Gasteiger partial charge in [-0.2, -0.15) is 0 Å². The minimum Gasteiger partial charge on any atom is -0.565 e. The van der Waals surface area contributed by atoms with E-state index >= 15 is 0 Å². The Bertz CT molecular complexity index is 72.9. The van der Waals surface area contributed by atoms with E-state index in [1.54, 1.807) is 0 Å². The van der Waals surface area contributed by atoms with Crippen molar-refractivity contribution < 1.29 is 84.0 Å². The van der Waals surface area contributed by atoms with Gasteiger partial charge in [0.05, 0.1) is 0 Å². The summed E-state index contributed by atoms with van der Waals surface area (Å²) in [5, 5.41) is 24.2. The Hall–Kier alpha value is 0.740. The number of carboxylic acid groups (broad SMARTS) is 3. The molecular weight excluding hydrogens is 162 g/mol. The van der Waals surface area contributed by atoms with Crippen LogP contribution in [0.4, 0.5) is 4.79 Å². The van der Waals surface area contributed by atoms with Crippen LogP contribution in [0.25, 0.3) is 0 Å². The average molecular weight is 166 g/mol. The van der Waals surface area contributed by atoms with Gasteiger partial charge in [-0.3, -0.25) is 0 Å². The molecule has 0 aromatic heterocycles. The Labute approximate surface area is 102 Å². The Morgan fingerprint density at radius 2 is 1.20 bits per heavy atom. The van der Waals surface area contributed by atoms with Crippen molar-refractivity contribution in [2.75, 3.05) is 0 Å². The zero-order valence-electron chi connectivity index (χ0n) is 6.08. The van der Waals surface area contributed by atoms with E-state index in [0.29, 0.717) is 0 Å². The molecule has 0 bridgehead atoms. The van der Waals surface area contributed by atoms with Crippen LogP contribution in [0.1, 0.15) is 6.92 Å². The molecule has 0 atom stereocenters. The van der Waals surface area contributed by atoms with E-state index in [1.807, 2.05) is 0 Å². The van der Waals surface area contributed by atoms with E-state index in [9.17, 15) is 0 Å². The Morgan fingerprint density at radius 3 is 1.20 bits per heavy atom. The predicted molar refractivity (Wildman–Crippen MR) is 18.7 cm³/mol. The topological polar surface area (TPSA) is 100 Å². The summed E-state index contributed by atoms with van der Waals surface area (Å²) >= 11 is 0. The molecule has 0 radical (unpaired) electrons. The van der Waals surface area contributed by atoms with Crippen molar-refractivity contribution in [2.45, 2.75) is 6.92 Å². The van der Waals surface area contributed by atoms with Crippen molar-refractivity contribution in [3.63, 3.8) is 0 Å². The van der Waals surface area contributed by atoms with Gasteiger partial charge in [0.15, 0.2) is 0 Å². The predicted octanol–water partition coefficient (Wildman–Crippen LogP) is -8.35. The maximum atomic E-state index is 8.89. The molecular formula is C3H4Na2O5. The Kier molecular flexibility index (Phi) is 36.7. The normalized spacial score (nSPS) is 4.90. The van der Waals surface area contributed by atoms with E-state index in [1.165, 1.54) is 0 Å². The molecule has 0 rings (SSSR count). The van der Waals surface area contributed by atoms with Crippen LogP contribution in [-0.2, 0) is 4.79 Å². The van der Waals surface area contributed by atoms with Crippen molar-refractivity contribution in [1.82, 2.24) is 0 Å². The van der Waals surface area contributed by atoms with E-state index in [0.717, 1.165) is 6.92 Å². The summed E-state index contributed by atoms with van der Waals surface area (Å²) in [5.41, 5.74) is 0. The van der Waals surface area contributed by atoms with Crippen LogP contribution in [-0.4, -0.2) is 17.2 Å². The SMILES string of the molecule is CC(=O)[O-].O=C([O-])O.[Na+].[Na+]. The van der Waals surface area contributed by atoms with Crippen LogP contribution in [0.2, 0.25) is 0 Å². The van der Waals surface area contributed by atoms with Crippen LogP contribution >= 0.6 is 0 Å². The molecule has 0 amide bonds. The second-order valence-corrected chi connectivity index (χ2v) is 0.757. The van der Waals surface area contributed by atoms with Crippen LogP contribution in [0.15, 0.2) is 0 Å². The van der Waals surface area contributed by atoms with Crippen molar-refractivity contribution in [2.24, 2.45) is 0 Å². The number of carbonyl (C=O) groups is 2. The Morgan fingerprint density at radius 1 is 1.20 bits per heavy atom. The van der Waals surface area contributed by atoms with Crippen LogP contribution in [0.3, 0.4) is 0 Å². The first-order valence-electron chi connectivity index (χ1n) is 1.54. The minimum absolute atomic E-state index is 0. The summed E-state index contributed by atoms with van der Waals surface area (Å²) in [6.45, 7) is 0.972. The van der Waals surface area contributed by atoms with Gasteiger partial charge in [0.2, 0.25) is 6.16 Å². The van der Waals surface area contributed by atoms with E-state index in [-0.39, 0.29) is 59.1 Å². The summed E-state index contributed by atoms with van der Waals surface area (Å²) in [5.74, 6) is -1.08. The molecule has 0 spiro atoms. The van der Waals surface area contributed by atoms with E-state index in [2.05, 4.69) is 0 Å². The van der Waals surface area contributed by atoms with Gasteiger partial charge in [-0.1, -0.05) is 0 Å². The number of carbonyl (C=O) groups excluding carboxylic acids is 1. The molecule has 5 nitrogen and oxygen atoms in total. The standard InChI is InChI=1S/C2H4O2.CH2O3.2Na/c1-2(3)4;2-1(3)4;;/h1H3,(H,3,4);(H2,2,3,4);;/q;;2*+1/p-2. The number of carboxylic acids is 1. The first kappa shape index (κ1) is 22.4. The zero-order valence-corrected chi connectivity index (χ0v) is 10.1. The van der Waals surface area contributed by atoms with Crippen LogP contribution < -0.4 is 69.3 Å². The summed E-state index contributed by atoms with van der Waals surface area (Å²) in [7, 11) is 0. The third-order valence-electron chi connectivity index (χ3n) is 0. The fourth-order valence-corrected chi connectivity index (χ4v) is 0. The molecule has 0 saturated carbocycles. The molecule has 0 aliphatic heterocycles. The Balaban J connectivity index is -0.0000000300. The third kappa shape index (κ3) is 956. The van der Waals surface area contributed by atoms with Crippen LogP contribution in [0.5, 0.6) is 0 Å². The molecule has 0 aromatic rings. The molecule has 48 valence electrons. The van der Waals surface area contributed by atoms with Crippen LogP contribution in [0, 0.1) is 0 Å². The smallest absolute Gasteiger partial charge is 0.565 e. The van der Waals surface area contributed by atoms with Gasteiger partial charge < -0.3 is 24.9 Å². The van der Waals surface area contributed by atoms with Gasteiger partial charge in [-0.15, -0.1) is 0 Å². The summed E-state index contributed by atoms with van der Waals surface area (Å²) in [6, 6.07) is 0. The number of hydrogen-bond donors (Lipinski definition) is 1. The zero-order chi connectivity index (χ0) is 7.15. The number of aliphatic carboxylic acids is 1. The molecule has 0 heterocycles. The first-order valence-corrected chi connectivity index (χ1v) is 1.54. The molecule has 1 N–H and O–H groups in total. The largest absolute Gasteiger partial charge is 1.00 e. The monoisotopic (exact) mass is 166 g/mol. The molecule has 0 unspecified atom stereocenters. The minimum atomic E-state index is -2.08. The fraction of sp³-hybridized carbons (Fsp3) is 0.333. The van der Waals surface area contributed by atoms with Gasteiger partial charge in [0.1, 0.15) is 0 Å². The van der Waals surface area contributed by atoms with Crippen molar-refractivity contribution in [1.29, 1.82) is 0 Å². The van der Waals surface area contributed by atoms with Crippen molar-refractivity contribution in [3.8, 4) is 0 Å². The van der Waals surface area contributed by atoms with Crippen molar-refractivity contribution >= 4 is 12.1 Å². The summed E-state index contributed by atoms with van der Waals surface area (Å²) < 4.78 is 0. The van der Waals surface area contributed by atoms with Crippen molar-refractivity contribution in [3.05, 3.63) is 0 Å². The average Bonchev–Trinajstić information content (AvgIpc) is 1.25. The van der Waals surface area contributed by atoms with E-state index in [4.69, 9.17) is 24.9 Å². The number of hydrogen-bond acceptors (Lipinski definition) is 4. The maximum absolute atomic E-state index is 8.89. The molecule has 0 aliphatic carbocycles. The number of rotatable bonds is 0. The molecule has 0 aliphatic rings. The van der Waals surface area contributed by atoms with E-state index < -0.39 is 12.1 Å². The third-order valence-corrected chi connectivity index (χ3v) is 0. The molecule has 7 heteroatoms. The second-order valence-electron chi connectivity index (χ2n) is 0.757. The maximum Gasteiger partial charge on any atom is 1.00 e. The summed E-state index contributed by atoms with van der Waals surface area (Å²) in [6.07, 6.45) is -2.08. The van der Waals surface area contributed by atoms with Gasteiger partial charge in [-0.05, 0) is 6.92 Å². The molecule has 0 aromatic carbocycles. The summed E-state index contributed by atoms with van der Waals surface area (Å²) in [4.78, 5) is 17.3. The first-order chi connectivity index (χ1) is 3.46. The second kappa shape index (κ2) is 16.4. The van der Waals surface area contributed by atoms with Gasteiger partial charge >= 0.3 is 59.1 Å². The fourth-order valence-electron chi connectivity index (χ4n) is 0. The molecule has 0 saturated heterocycles. The molecule has 10 heavy (non-hydrogen) atoms.